The van der Waals surface area contributed by atoms with E-state index in [1.54, 1.807) is 17.3 Å². The molecule has 1 saturated carbocycles. The number of nitrogens with zero attached hydrogens (tertiary/aromatic N) is 3. The highest BCUT2D eigenvalue weighted by Gasteiger charge is 2.38. The number of amides is 3. The van der Waals surface area contributed by atoms with Crippen LogP contribution in [0, 0.1) is 0 Å². The van der Waals surface area contributed by atoms with Gasteiger partial charge in [-0.3, -0.25) is 19.4 Å². The monoisotopic (exact) mass is 414 g/mol. The summed E-state index contributed by atoms with van der Waals surface area (Å²) in [5.74, 6) is -0.315. The van der Waals surface area contributed by atoms with E-state index in [2.05, 4.69) is 10.3 Å². The van der Waals surface area contributed by atoms with Crippen LogP contribution in [-0.4, -0.2) is 70.3 Å². The molecule has 0 bridgehead atoms. The number of rotatable bonds is 5. The average Bonchev–Trinajstić information content (AvgIpc) is 3.14. The standard InChI is InChI=1S/C22H30N4O4/c27-20-9-8-19(24-20)22(29)25-12-18(30-15-16-5-4-10-23-11-16)13-26(21(28)14-25)17-6-2-1-3-7-17/h4-5,10-11,17-19H,1-3,6-9,12-15H2,(H,24,27)/t18?,19-/m0/s1. The number of carbonyl (C=O) groups is 3. The molecule has 3 fully saturated rings. The molecule has 1 aromatic heterocycles. The van der Waals surface area contributed by atoms with Crippen LogP contribution in [-0.2, 0) is 25.7 Å². The van der Waals surface area contributed by atoms with Gasteiger partial charge in [-0.2, -0.15) is 0 Å². The maximum atomic E-state index is 13.1. The summed E-state index contributed by atoms with van der Waals surface area (Å²) in [4.78, 5) is 45.3. The second-order valence-electron chi connectivity index (χ2n) is 8.51. The Morgan fingerprint density at radius 3 is 2.70 bits per heavy atom. The molecule has 0 aromatic carbocycles. The van der Waals surface area contributed by atoms with E-state index < -0.39 is 6.04 Å². The fraction of sp³-hybridized carbons (Fsp3) is 0.636. The SMILES string of the molecule is O=C1CC[C@@H](C(=O)N2CC(=O)N(C3CCCCC3)CC(OCc3cccnc3)C2)N1. The van der Waals surface area contributed by atoms with E-state index in [9.17, 15) is 14.4 Å². The highest BCUT2D eigenvalue weighted by molar-refractivity contribution is 5.93. The summed E-state index contributed by atoms with van der Waals surface area (Å²) in [5, 5.41) is 2.73. The van der Waals surface area contributed by atoms with Crippen molar-refractivity contribution in [3.8, 4) is 0 Å². The summed E-state index contributed by atoms with van der Waals surface area (Å²) in [6.07, 6.45) is 9.53. The molecule has 3 aliphatic rings. The molecule has 8 heteroatoms. The lowest BCUT2D eigenvalue weighted by molar-refractivity contribution is -0.141. The predicted octanol–water partition coefficient (Wildman–Crippen LogP) is 1.25. The van der Waals surface area contributed by atoms with Crippen molar-refractivity contribution in [3.63, 3.8) is 0 Å². The molecule has 3 amide bonds. The lowest BCUT2D eigenvalue weighted by Gasteiger charge is -2.34. The highest BCUT2D eigenvalue weighted by atomic mass is 16.5. The minimum Gasteiger partial charge on any atom is -0.370 e. The molecule has 4 rings (SSSR count). The first kappa shape index (κ1) is 20.8. The molecule has 0 spiro atoms. The first-order valence-electron chi connectivity index (χ1n) is 11.0. The third kappa shape index (κ3) is 4.98. The quantitative estimate of drug-likeness (QED) is 0.783. The van der Waals surface area contributed by atoms with Crippen LogP contribution in [0.2, 0.25) is 0 Å². The zero-order valence-corrected chi connectivity index (χ0v) is 17.3. The molecule has 8 nitrogen and oxygen atoms in total. The Balaban J connectivity index is 1.48. The van der Waals surface area contributed by atoms with E-state index >= 15 is 0 Å². The van der Waals surface area contributed by atoms with Crippen molar-refractivity contribution in [2.45, 2.75) is 69.7 Å². The van der Waals surface area contributed by atoms with E-state index in [4.69, 9.17) is 4.74 Å². The van der Waals surface area contributed by atoms with E-state index in [0.717, 1.165) is 31.2 Å². The Bertz CT molecular complexity index is 766. The van der Waals surface area contributed by atoms with Gasteiger partial charge in [-0.1, -0.05) is 25.3 Å². The fourth-order valence-corrected chi connectivity index (χ4v) is 4.68. The van der Waals surface area contributed by atoms with E-state index in [1.165, 1.54) is 6.42 Å². The second-order valence-corrected chi connectivity index (χ2v) is 8.51. The normalized spacial score (nSPS) is 25.9. The van der Waals surface area contributed by atoms with E-state index in [1.807, 2.05) is 17.0 Å². The van der Waals surface area contributed by atoms with E-state index in [-0.39, 0.29) is 36.4 Å². The summed E-state index contributed by atoms with van der Waals surface area (Å²) in [7, 11) is 0. The van der Waals surface area contributed by atoms with Crippen molar-refractivity contribution in [2.75, 3.05) is 19.6 Å². The molecule has 2 aliphatic heterocycles. The maximum absolute atomic E-state index is 13.1. The third-order valence-electron chi connectivity index (χ3n) is 6.30. The highest BCUT2D eigenvalue weighted by Crippen LogP contribution is 2.25. The predicted molar refractivity (Wildman–Crippen MR) is 109 cm³/mol. The van der Waals surface area contributed by atoms with Gasteiger partial charge in [-0.05, 0) is 30.9 Å². The summed E-state index contributed by atoms with van der Waals surface area (Å²) in [6, 6.07) is 3.50. The zero-order valence-electron chi connectivity index (χ0n) is 17.3. The molecule has 2 saturated heterocycles. The van der Waals surface area contributed by atoms with Crippen molar-refractivity contribution in [2.24, 2.45) is 0 Å². The second kappa shape index (κ2) is 9.55. The number of nitrogens with one attached hydrogen (secondary N) is 1. The van der Waals surface area contributed by atoms with Gasteiger partial charge in [-0.25, -0.2) is 0 Å². The van der Waals surface area contributed by atoms with Gasteiger partial charge in [-0.15, -0.1) is 0 Å². The van der Waals surface area contributed by atoms with Crippen LogP contribution in [0.25, 0.3) is 0 Å². The Morgan fingerprint density at radius 1 is 1.17 bits per heavy atom. The third-order valence-corrected chi connectivity index (χ3v) is 6.30. The fourth-order valence-electron chi connectivity index (χ4n) is 4.68. The van der Waals surface area contributed by atoms with Crippen LogP contribution in [0.1, 0.15) is 50.5 Å². The van der Waals surface area contributed by atoms with Crippen LogP contribution in [0.5, 0.6) is 0 Å². The summed E-state index contributed by atoms with van der Waals surface area (Å²) < 4.78 is 6.17. The van der Waals surface area contributed by atoms with Gasteiger partial charge in [0.2, 0.25) is 17.7 Å². The number of aromatic nitrogens is 1. The van der Waals surface area contributed by atoms with Crippen LogP contribution < -0.4 is 5.32 Å². The van der Waals surface area contributed by atoms with Crippen LogP contribution in [0.15, 0.2) is 24.5 Å². The minimum absolute atomic E-state index is 0.0212. The average molecular weight is 415 g/mol. The molecule has 2 atom stereocenters. The van der Waals surface area contributed by atoms with Crippen molar-refractivity contribution in [1.29, 1.82) is 0 Å². The van der Waals surface area contributed by atoms with Gasteiger partial charge in [0.15, 0.2) is 0 Å². The summed E-state index contributed by atoms with van der Waals surface area (Å²) in [6.45, 7) is 1.27. The minimum atomic E-state index is -0.537. The van der Waals surface area contributed by atoms with Gasteiger partial charge in [0.1, 0.15) is 6.04 Å². The molecule has 0 radical (unpaired) electrons. The van der Waals surface area contributed by atoms with E-state index in [0.29, 0.717) is 32.5 Å². The van der Waals surface area contributed by atoms with Gasteiger partial charge >= 0.3 is 0 Å². The first-order chi connectivity index (χ1) is 14.6. The molecule has 1 N–H and O–H groups in total. The van der Waals surface area contributed by atoms with Crippen LogP contribution >= 0.6 is 0 Å². The smallest absolute Gasteiger partial charge is 0.245 e. The Kier molecular flexibility index (Phi) is 6.62. The van der Waals surface area contributed by atoms with Gasteiger partial charge in [0.05, 0.1) is 19.3 Å². The Morgan fingerprint density at radius 2 is 2.00 bits per heavy atom. The number of pyridine rings is 1. The number of hydrogen-bond donors (Lipinski definition) is 1. The molecule has 3 heterocycles. The summed E-state index contributed by atoms with van der Waals surface area (Å²) in [5.41, 5.74) is 0.957. The topological polar surface area (TPSA) is 91.8 Å². The number of ether oxygens (including phenoxy) is 1. The molecule has 1 aliphatic carbocycles. The van der Waals surface area contributed by atoms with Crippen LogP contribution in [0.4, 0.5) is 0 Å². The van der Waals surface area contributed by atoms with Crippen molar-refractivity contribution < 1.29 is 19.1 Å². The Labute approximate surface area is 177 Å². The molecule has 1 unspecified atom stereocenters. The lowest BCUT2D eigenvalue weighted by atomic mass is 9.94. The lowest BCUT2D eigenvalue weighted by Crippen LogP contribution is -2.48. The molecule has 30 heavy (non-hydrogen) atoms. The van der Waals surface area contributed by atoms with Gasteiger partial charge < -0.3 is 19.9 Å². The molecule has 1 aromatic rings. The van der Waals surface area contributed by atoms with Crippen molar-refractivity contribution >= 4 is 17.7 Å². The molecule has 162 valence electrons. The largest absolute Gasteiger partial charge is 0.370 e. The van der Waals surface area contributed by atoms with Gasteiger partial charge in [0.25, 0.3) is 0 Å². The number of hydrogen-bond acceptors (Lipinski definition) is 5. The number of carbonyl (C=O) groups excluding carboxylic acids is 3. The first-order valence-corrected chi connectivity index (χ1v) is 11.0. The van der Waals surface area contributed by atoms with Gasteiger partial charge in [0, 0.05) is 37.9 Å². The zero-order chi connectivity index (χ0) is 20.9. The van der Waals surface area contributed by atoms with Crippen molar-refractivity contribution in [3.05, 3.63) is 30.1 Å². The van der Waals surface area contributed by atoms with Crippen LogP contribution in [0.3, 0.4) is 0 Å². The van der Waals surface area contributed by atoms with Crippen molar-refractivity contribution in [1.82, 2.24) is 20.1 Å². The molecular formula is C22H30N4O4. The molecular weight excluding hydrogens is 384 g/mol. The maximum Gasteiger partial charge on any atom is 0.245 e. The Hall–Kier alpha value is -2.48. The summed E-state index contributed by atoms with van der Waals surface area (Å²) >= 11 is 0.